The third-order valence-corrected chi connectivity index (χ3v) is 6.47. The molecule has 0 bridgehead atoms. The Balaban J connectivity index is 1.68. The number of fused-ring (bicyclic) bond motifs is 2. The summed E-state index contributed by atoms with van der Waals surface area (Å²) in [6, 6.07) is 5.72. The Morgan fingerprint density at radius 3 is 2.97 bits per heavy atom. The Morgan fingerprint density at radius 1 is 1.38 bits per heavy atom. The average Bonchev–Trinajstić information content (AvgIpc) is 3.05. The van der Waals surface area contributed by atoms with Gasteiger partial charge in [0.25, 0.3) is 5.91 Å². The van der Waals surface area contributed by atoms with E-state index in [4.69, 9.17) is 14.2 Å². The van der Waals surface area contributed by atoms with Gasteiger partial charge in [-0.05, 0) is 30.7 Å². The van der Waals surface area contributed by atoms with E-state index in [1.54, 1.807) is 14.2 Å². The van der Waals surface area contributed by atoms with E-state index in [-0.39, 0.29) is 18.6 Å². The third-order valence-electron chi connectivity index (χ3n) is 4.79. The van der Waals surface area contributed by atoms with Gasteiger partial charge in [0, 0.05) is 23.6 Å². The molecule has 7 nitrogen and oxygen atoms in total. The molecule has 0 radical (unpaired) electrons. The highest BCUT2D eigenvalue weighted by Gasteiger charge is 2.27. The maximum atomic E-state index is 13.1. The molecule has 1 atom stereocenters. The van der Waals surface area contributed by atoms with Gasteiger partial charge < -0.3 is 19.5 Å². The fourth-order valence-corrected chi connectivity index (χ4v) is 4.91. The number of carbonyl (C=O) groups is 1. The maximum Gasteiger partial charge on any atom is 0.262 e. The molecule has 1 aliphatic rings. The first-order valence-electron chi connectivity index (χ1n) is 9.08. The number of methoxy groups -OCH3 is 2. The van der Waals surface area contributed by atoms with Gasteiger partial charge in [-0.25, -0.2) is 4.98 Å². The summed E-state index contributed by atoms with van der Waals surface area (Å²) >= 11 is 4.83. The smallest absolute Gasteiger partial charge is 0.262 e. The van der Waals surface area contributed by atoms with Gasteiger partial charge in [0.2, 0.25) is 5.88 Å². The Hall–Kier alpha value is -2.23. The number of rotatable bonds is 5. The van der Waals surface area contributed by atoms with Crippen LogP contribution in [-0.4, -0.2) is 36.7 Å². The summed E-state index contributed by atoms with van der Waals surface area (Å²) in [7, 11) is 3.15. The van der Waals surface area contributed by atoms with Gasteiger partial charge in [0.1, 0.15) is 17.2 Å². The number of thiophene rings is 1. The lowest BCUT2D eigenvalue weighted by atomic mass is 10.0. The molecule has 1 aliphatic heterocycles. The van der Waals surface area contributed by atoms with E-state index in [0.29, 0.717) is 34.4 Å². The number of halogens is 1. The van der Waals surface area contributed by atoms with Crippen LogP contribution in [0, 0.1) is 6.92 Å². The normalized spacial score (nSPS) is 15.7. The van der Waals surface area contributed by atoms with Crippen molar-refractivity contribution in [3.63, 3.8) is 0 Å². The fraction of sp³-hybridized carbons (Fsp3) is 0.350. The number of aromatic nitrogens is 2. The zero-order chi connectivity index (χ0) is 20.5. The fourth-order valence-electron chi connectivity index (χ4n) is 3.44. The number of benzene rings is 1. The average molecular weight is 478 g/mol. The molecule has 0 saturated heterocycles. The molecule has 152 valence electrons. The van der Waals surface area contributed by atoms with E-state index in [0.717, 1.165) is 26.7 Å². The molecule has 3 heterocycles. The van der Waals surface area contributed by atoms with Crippen LogP contribution in [0.5, 0.6) is 11.6 Å². The van der Waals surface area contributed by atoms with Crippen LogP contribution in [0.15, 0.2) is 22.7 Å². The standard InChI is InChI=1S/C20H20BrN3O4S/c1-10-16-19(27-3)23-15(9-26-2)24-20(16)29-17(10)18(25)22-13-6-7-28-14-5-4-11(21)8-12(13)14/h4-5,8,13H,6-7,9H2,1-3H3,(H,22,25). The van der Waals surface area contributed by atoms with E-state index in [1.807, 2.05) is 25.1 Å². The quantitative estimate of drug-likeness (QED) is 0.593. The van der Waals surface area contributed by atoms with Gasteiger partial charge in [0.15, 0.2) is 5.82 Å². The summed E-state index contributed by atoms with van der Waals surface area (Å²) in [6.45, 7) is 2.73. The molecule has 29 heavy (non-hydrogen) atoms. The largest absolute Gasteiger partial charge is 0.493 e. The molecule has 1 amide bonds. The highest BCUT2D eigenvalue weighted by Crippen LogP contribution is 2.37. The second kappa shape index (κ2) is 8.25. The van der Waals surface area contributed by atoms with Gasteiger partial charge in [-0.3, -0.25) is 4.79 Å². The van der Waals surface area contributed by atoms with Crippen molar-refractivity contribution in [2.75, 3.05) is 20.8 Å². The lowest BCUT2D eigenvalue weighted by molar-refractivity contribution is 0.0928. The zero-order valence-electron chi connectivity index (χ0n) is 16.2. The van der Waals surface area contributed by atoms with Crippen molar-refractivity contribution in [1.29, 1.82) is 0 Å². The third kappa shape index (κ3) is 3.82. The Bertz CT molecular complexity index is 1090. The van der Waals surface area contributed by atoms with Crippen molar-refractivity contribution in [3.8, 4) is 11.6 Å². The summed E-state index contributed by atoms with van der Waals surface area (Å²) in [5.41, 5.74) is 1.78. The molecule has 0 saturated carbocycles. The first-order chi connectivity index (χ1) is 14.0. The number of nitrogens with zero attached hydrogens (tertiary/aromatic N) is 2. The Labute approximate surface area is 180 Å². The molecule has 4 rings (SSSR count). The first kappa shape index (κ1) is 20.1. The van der Waals surface area contributed by atoms with Gasteiger partial charge in [-0.2, -0.15) is 4.98 Å². The second-order valence-electron chi connectivity index (χ2n) is 6.66. The summed E-state index contributed by atoms with van der Waals surface area (Å²) in [6.07, 6.45) is 0.709. The van der Waals surface area contributed by atoms with E-state index < -0.39 is 0 Å². The highest BCUT2D eigenvalue weighted by atomic mass is 79.9. The van der Waals surface area contributed by atoms with E-state index in [1.165, 1.54) is 11.3 Å². The van der Waals surface area contributed by atoms with Crippen molar-refractivity contribution in [3.05, 3.63) is 44.5 Å². The number of ether oxygens (including phenoxy) is 3. The number of nitrogens with one attached hydrogen (secondary N) is 1. The van der Waals surface area contributed by atoms with Crippen molar-refractivity contribution in [1.82, 2.24) is 15.3 Å². The van der Waals surface area contributed by atoms with Gasteiger partial charge in [-0.1, -0.05) is 15.9 Å². The van der Waals surface area contributed by atoms with Gasteiger partial charge >= 0.3 is 0 Å². The van der Waals surface area contributed by atoms with E-state index in [2.05, 4.69) is 31.2 Å². The molecule has 0 fully saturated rings. The lowest BCUT2D eigenvalue weighted by Gasteiger charge is -2.26. The molecule has 1 unspecified atom stereocenters. The second-order valence-corrected chi connectivity index (χ2v) is 8.58. The topological polar surface area (TPSA) is 82.6 Å². The summed E-state index contributed by atoms with van der Waals surface area (Å²) in [5.74, 6) is 1.64. The summed E-state index contributed by atoms with van der Waals surface area (Å²) in [5, 5.41) is 3.92. The van der Waals surface area contributed by atoms with Crippen LogP contribution in [0.3, 0.4) is 0 Å². The first-order valence-corrected chi connectivity index (χ1v) is 10.7. The Kier molecular flexibility index (Phi) is 5.71. The van der Waals surface area contributed by atoms with Crippen LogP contribution < -0.4 is 14.8 Å². The minimum absolute atomic E-state index is 0.120. The zero-order valence-corrected chi connectivity index (χ0v) is 18.6. The minimum Gasteiger partial charge on any atom is -0.493 e. The van der Waals surface area contributed by atoms with Gasteiger partial charge in [0.05, 0.1) is 30.0 Å². The Morgan fingerprint density at radius 2 is 2.21 bits per heavy atom. The molecular weight excluding hydrogens is 458 g/mol. The lowest BCUT2D eigenvalue weighted by Crippen LogP contribution is -2.32. The predicted octanol–water partition coefficient (Wildman–Crippen LogP) is 4.17. The van der Waals surface area contributed by atoms with Crippen molar-refractivity contribution >= 4 is 43.4 Å². The SMILES string of the molecule is COCc1nc(OC)c2c(C)c(C(=O)NC3CCOc4ccc(Br)cc43)sc2n1. The van der Waals surface area contributed by atoms with E-state index in [9.17, 15) is 4.79 Å². The van der Waals surface area contributed by atoms with Crippen LogP contribution in [0.25, 0.3) is 10.2 Å². The number of amides is 1. The van der Waals surface area contributed by atoms with E-state index >= 15 is 0 Å². The monoisotopic (exact) mass is 477 g/mol. The molecule has 2 aromatic heterocycles. The molecule has 3 aromatic rings. The van der Waals surface area contributed by atoms with Crippen molar-refractivity contribution in [2.24, 2.45) is 0 Å². The highest BCUT2D eigenvalue weighted by molar-refractivity contribution is 9.10. The van der Waals surface area contributed by atoms with Crippen molar-refractivity contribution < 1.29 is 19.0 Å². The van der Waals surface area contributed by atoms with Crippen LogP contribution in [0.4, 0.5) is 0 Å². The van der Waals surface area contributed by atoms with Crippen LogP contribution in [0.1, 0.15) is 39.1 Å². The van der Waals surface area contributed by atoms with Crippen LogP contribution >= 0.6 is 27.3 Å². The number of aryl methyl sites for hydroxylation is 1. The molecule has 0 aliphatic carbocycles. The molecule has 0 spiro atoms. The number of carbonyl (C=O) groups excluding carboxylic acids is 1. The van der Waals surface area contributed by atoms with Crippen LogP contribution in [-0.2, 0) is 11.3 Å². The molecular formula is C20H20BrN3O4S. The summed E-state index contributed by atoms with van der Waals surface area (Å²) < 4.78 is 17.2. The molecule has 9 heteroatoms. The molecule has 1 N–H and O–H groups in total. The van der Waals surface area contributed by atoms with Gasteiger partial charge in [-0.15, -0.1) is 11.3 Å². The van der Waals surface area contributed by atoms with Crippen LogP contribution in [0.2, 0.25) is 0 Å². The maximum absolute atomic E-state index is 13.1. The molecule has 1 aromatic carbocycles. The van der Waals surface area contributed by atoms with Crippen molar-refractivity contribution in [2.45, 2.75) is 26.0 Å². The predicted molar refractivity (Wildman–Crippen MR) is 114 cm³/mol. The minimum atomic E-state index is -0.140. The summed E-state index contributed by atoms with van der Waals surface area (Å²) in [4.78, 5) is 23.4. The number of hydrogen-bond donors (Lipinski definition) is 1. The number of hydrogen-bond acceptors (Lipinski definition) is 7.